The molecule has 2 nitrogen and oxygen atoms in total. The Morgan fingerprint density at radius 3 is 3.06 bits per heavy atom. The highest BCUT2D eigenvalue weighted by Gasteiger charge is 2.39. The molecule has 2 unspecified atom stereocenters. The standard InChI is InChI=1S/C14H16ClFN2/c1-2-4-9-7-12(9)18-11-6-3-5-10(16)14(11)17-13(18)8-15/h3,5-6,9,12H,2,4,7-8H2,1H3. The van der Waals surface area contributed by atoms with Gasteiger partial charge >= 0.3 is 0 Å². The van der Waals surface area contributed by atoms with Crippen molar-refractivity contribution < 1.29 is 4.39 Å². The predicted octanol–water partition coefficient (Wildman–Crippen LogP) is 4.28. The molecule has 0 amide bonds. The van der Waals surface area contributed by atoms with E-state index in [4.69, 9.17) is 11.6 Å². The second-order valence-electron chi connectivity index (χ2n) is 4.99. The van der Waals surface area contributed by atoms with E-state index in [2.05, 4.69) is 16.5 Å². The summed E-state index contributed by atoms with van der Waals surface area (Å²) in [4.78, 5) is 4.34. The van der Waals surface area contributed by atoms with Crippen molar-refractivity contribution in [3.8, 4) is 0 Å². The number of hydrogen-bond acceptors (Lipinski definition) is 1. The van der Waals surface area contributed by atoms with Gasteiger partial charge in [-0.25, -0.2) is 9.37 Å². The van der Waals surface area contributed by atoms with Crippen LogP contribution in [0.4, 0.5) is 4.39 Å². The number of halogens is 2. The molecule has 1 aromatic carbocycles. The maximum absolute atomic E-state index is 13.7. The van der Waals surface area contributed by atoms with Gasteiger partial charge in [-0.2, -0.15) is 0 Å². The first-order valence-corrected chi connectivity index (χ1v) is 7.01. The van der Waals surface area contributed by atoms with Gasteiger partial charge in [0.15, 0.2) is 5.82 Å². The van der Waals surface area contributed by atoms with Crippen molar-refractivity contribution in [1.82, 2.24) is 9.55 Å². The van der Waals surface area contributed by atoms with Gasteiger partial charge in [-0.15, -0.1) is 11.6 Å². The summed E-state index contributed by atoms with van der Waals surface area (Å²) in [5.74, 6) is 1.58. The van der Waals surface area contributed by atoms with Crippen LogP contribution < -0.4 is 0 Å². The van der Waals surface area contributed by atoms with E-state index in [1.54, 1.807) is 6.07 Å². The smallest absolute Gasteiger partial charge is 0.151 e. The van der Waals surface area contributed by atoms with Crippen molar-refractivity contribution in [1.29, 1.82) is 0 Å². The van der Waals surface area contributed by atoms with Crippen LogP contribution in [0.15, 0.2) is 18.2 Å². The zero-order valence-electron chi connectivity index (χ0n) is 10.4. The van der Waals surface area contributed by atoms with E-state index in [9.17, 15) is 4.39 Å². The largest absolute Gasteiger partial charge is 0.323 e. The molecule has 0 radical (unpaired) electrons. The van der Waals surface area contributed by atoms with E-state index in [1.807, 2.05) is 6.07 Å². The highest BCUT2D eigenvalue weighted by atomic mass is 35.5. The number of rotatable bonds is 4. The molecule has 4 heteroatoms. The lowest BCUT2D eigenvalue weighted by molar-refractivity contribution is 0.605. The third kappa shape index (κ3) is 1.81. The lowest BCUT2D eigenvalue weighted by Crippen LogP contribution is -2.01. The molecule has 1 aliphatic carbocycles. The minimum absolute atomic E-state index is 0.259. The molecular weight excluding hydrogens is 251 g/mol. The number of alkyl halides is 1. The third-order valence-electron chi connectivity index (χ3n) is 3.74. The molecule has 96 valence electrons. The molecule has 18 heavy (non-hydrogen) atoms. The maximum atomic E-state index is 13.7. The van der Waals surface area contributed by atoms with E-state index in [0.717, 1.165) is 11.3 Å². The van der Waals surface area contributed by atoms with Gasteiger partial charge in [-0.05, 0) is 30.9 Å². The van der Waals surface area contributed by atoms with E-state index >= 15 is 0 Å². The summed E-state index contributed by atoms with van der Waals surface area (Å²) < 4.78 is 15.9. The highest BCUT2D eigenvalue weighted by Crippen LogP contribution is 2.48. The Hall–Kier alpha value is -1.09. The topological polar surface area (TPSA) is 17.8 Å². The average molecular weight is 267 g/mol. The molecule has 3 rings (SSSR count). The van der Waals surface area contributed by atoms with Gasteiger partial charge < -0.3 is 4.57 Å². The van der Waals surface area contributed by atoms with Gasteiger partial charge in [0.25, 0.3) is 0 Å². The first kappa shape index (κ1) is 12.0. The van der Waals surface area contributed by atoms with Crippen molar-refractivity contribution in [2.24, 2.45) is 5.92 Å². The molecular formula is C14H16ClFN2. The van der Waals surface area contributed by atoms with Gasteiger partial charge in [0, 0.05) is 6.04 Å². The van der Waals surface area contributed by atoms with Gasteiger partial charge in [0.05, 0.1) is 11.4 Å². The van der Waals surface area contributed by atoms with Crippen molar-refractivity contribution in [2.75, 3.05) is 0 Å². The van der Waals surface area contributed by atoms with Gasteiger partial charge in [0.1, 0.15) is 11.3 Å². The molecule has 1 heterocycles. The summed E-state index contributed by atoms with van der Waals surface area (Å²) in [6, 6.07) is 5.59. The fourth-order valence-electron chi connectivity index (χ4n) is 2.82. The van der Waals surface area contributed by atoms with E-state index in [0.29, 0.717) is 23.4 Å². The summed E-state index contributed by atoms with van der Waals surface area (Å²) in [5, 5.41) is 0. The molecule has 0 N–H and O–H groups in total. The van der Waals surface area contributed by atoms with Crippen LogP contribution in [0.3, 0.4) is 0 Å². The SMILES string of the molecule is CCCC1CC1n1c(CCl)nc2c(F)cccc21. The normalized spacial score (nSPS) is 22.6. The minimum Gasteiger partial charge on any atom is -0.323 e. The van der Waals surface area contributed by atoms with Crippen LogP contribution in [-0.4, -0.2) is 9.55 Å². The van der Waals surface area contributed by atoms with Crippen LogP contribution in [0.2, 0.25) is 0 Å². The van der Waals surface area contributed by atoms with Crippen LogP contribution in [-0.2, 0) is 5.88 Å². The average Bonchev–Trinajstić information content (AvgIpc) is 3.01. The molecule has 2 aromatic rings. The molecule has 0 aliphatic heterocycles. The number of aromatic nitrogens is 2. The molecule has 1 aromatic heterocycles. The molecule has 0 bridgehead atoms. The Balaban J connectivity index is 2.07. The predicted molar refractivity (Wildman–Crippen MR) is 71.3 cm³/mol. The lowest BCUT2D eigenvalue weighted by Gasteiger charge is -2.06. The van der Waals surface area contributed by atoms with Crippen molar-refractivity contribution in [2.45, 2.75) is 38.1 Å². The number of hydrogen-bond donors (Lipinski definition) is 0. The summed E-state index contributed by atoms with van der Waals surface area (Å²) in [5.41, 5.74) is 1.34. The van der Waals surface area contributed by atoms with E-state index in [1.165, 1.54) is 25.3 Å². The molecule has 0 spiro atoms. The second kappa shape index (κ2) is 4.54. The lowest BCUT2D eigenvalue weighted by atomic mass is 10.2. The van der Waals surface area contributed by atoms with E-state index in [-0.39, 0.29) is 5.82 Å². The fourth-order valence-corrected chi connectivity index (χ4v) is 3.01. The first-order valence-electron chi connectivity index (χ1n) is 6.47. The highest BCUT2D eigenvalue weighted by molar-refractivity contribution is 6.16. The number of imidazole rings is 1. The zero-order chi connectivity index (χ0) is 12.7. The van der Waals surface area contributed by atoms with Crippen molar-refractivity contribution in [3.05, 3.63) is 29.8 Å². The van der Waals surface area contributed by atoms with Gasteiger partial charge in [0.2, 0.25) is 0 Å². The molecule has 0 saturated heterocycles. The minimum atomic E-state index is -0.259. The van der Waals surface area contributed by atoms with Crippen molar-refractivity contribution >= 4 is 22.6 Å². The molecule has 1 fully saturated rings. The van der Waals surface area contributed by atoms with Crippen LogP contribution in [0.1, 0.15) is 38.1 Å². The quantitative estimate of drug-likeness (QED) is 0.756. The van der Waals surface area contributed by atoms with Gasteiger partial charge in [-0.1, -0.05) is 19.4 Å². The van der Waals surface area contributed by atoms with Crippen LogP contribution in [0.25, 0.3) is 11.0 Å². The molecule has 1 saturated carbocycles. The summed E-state index contributed by atoms with van der Waals surface area (Å²) in [6.45, 7) is 2.20. The second-order valence-corrected chi connectivity index (χ2v) is 5.26. The molecule has 2 atom stereocenters. The number of para-hydroxylation sites is 1. The summed E-state index contributed by atoms with van der Waals surface area (Å²) in [7, 11) is 0. The Morgan fingerprint density at radius 1 is 1.50 bits per heavy atom. The Bertz CT molecular complexity index is 578. The number of benzene rings is 1. The number of fused-ring (bicyclic) bond motifs is 1. The van der Waals surface area contributed by atoms with Crippen LogP contribution in [0, 0.1) is 11.7 Å². The Morgan fingerprint density at radius 2 is 2.33 bits per heavy atom. The monoisotopic (exact) mass is 266 g/mol. The maximum Gasteiger partial charge on any atom is 0.151 e. The van der Waals surface area contributed by atoms with Gasteiger partial charge in [-0.3, -0.25) is 0 Å². The summed E-state index contributed by atoms with van der Waals surface area (Å²) >= 11 is 5.95. The molecule has 1 aliphatic rings. The Kier molecular flexibility index (Phi) is 3.02. The zero-order valence-corrected chi connectivity index (χ0v) is 11.1. The van der Waals surface area contributed by atoms with Crippen LogP contribution >= 0.6 is 11.6 Å². The number of nitrogens with zero attached hydrogens (tertiary/aromatic N) is 2. The van der Waals surface area contributed by atoms with Crippen molar-refractivity contribution in [3.63, 3.8) is 0 Å². The van der Waals surface area contributed by atoms with Crippen LogP contribution in [0.5, 0.6) is 0 Å². The first-order chi connectivity index (χ1) is 8.76. The Labute approximate surface area is 111 Å². The summed E-state index contributed by atoms with van der Waals surface area (Å²) in [6.07, 6.45) is 3.58. The van der Waals surface area contributed by atoms with E-state index < -0.39 is 0 Å². The fraction of sp³-hybridized carbons (Fsp3) is 0.500. The third-order valence-corrected chi connectivity index (χ3v) is 3.98.